The lowest BCUT2D eigenvalue weighted by molar-refractivity contribution is -0.150. The molecule has 0 saturated carbocycles. The molecule has 0 bridgehead atoms. The van der Waals surface area contributed by atoms with Gasteiger partial charge >= 0.3 is 18.0 Å². The molecule has 1 aromatic heterocycles. The fraction of sp³-hybridized carbons (Fsp3) is 0.364. The maximum Gasteiger partial charge on any atom is 0.411 e. The molecule has 3 amide bonds. The standard InChI is InChI=1S/C22H24N8O11S3/c1-29-21(26-27-28-29)43-8-10-7-42-18-13(17(32)30(18)14(10)20(35)36)25-16(31)15(44(38,39)40)9-2-4-11(5-3-9)24-22(37)41-6-12(23)19(33)34/h2-5,12-13,15,18H,6-8,23H2,1H3,(H,24,37)(H,25,31)(H,33,34)(H,35,36)(H,38,39,40)/t12-,13-,15-,18-/m1/s1. The molecule has 7 N–H and O–H groups in total. The lowest BCUT2D eigenvalue weighted by Gasteiger charge is -2.49. The van der Waals surface area contributed by atoms with E-state index in [0.717, 1.165) is 28.8 Å². The molecule has 2 aliphatic rings. The number of hydrogen-bond donors (Lipinski definition) is 6. The van der Waals surface area contributed by atoms with E-state index in [-0.39, 0.29) is 28.5 Å². The minimum atomic E-state index is -5.07. The molecule has 1 fully saturated rings. The zero-order valence-corrected chi connectivity index (χ0v) is 24.8. The third kappa shape index (κ3) is 7.10. The van der Waals surface area contributed by atoms with Gasteiger partial charge in [0.15, 0.2) is 5.25 Å². The van der Waals surface area contributed by atoms with Crippen molar-refractivity contribution >= 4 is 69.2 Å². The molecule has 1 aromatic carbocycles. The summed E-state index contributed by atoms with van der Waals surface area (Å²) in [6.45, 7) is -0.620. The molecule has 0 unspecified atom stereocenters. The molecule has 22 heteroatoms. The largest absolute Gasteiger partial charge is 0.480 e. The number of benzene rings is 1. The van der Waals surface area contributed by atoms with Gasteiger partial charge in [-0.2, -0.15) is 8.42 Å². The number of nitrogens with one attached hydrogen (secondary N) is 2. The highest BCUT2D eigenvalue weighted by atomic mass is 32.2. The lowest BCUT2D eigenvalue weighted by atomic mass is 10.0. The first kappa shape index (κ1) is 32.7. The number of anilines is 1. The number of aryl methyl sites for hydroxylation is 1. The summed E-state index contributed by atoms with van der Waals surface area (Å²) >= 11 is 2.33. The average molecular weight is 673 g/mol. The van der Waals surface area contributed by atoms with Crippen molar-refractivity contribution in [1.29, 1.82) is 0 Å². The SMILES string of the molecule is Cn1nnnc1SCC1=C(C(=O)O)N2C(=O)[C@@H](NC(=O)[C@@H](c3ccc(NC(=O)OC[C@@H](N)C(=O)O)cc3)S(=O)(=O)O)[C@H]2SC1. The molecule has 0 aliphatic carbocycles. The fourth-order valence-electron chi connectivity index (χ4n) is 4.11. The van der Waals surface area contributed by atoms with Gasteiger partial charge in [0.1, 0.15) is 29.8 Å². The number of carbonyl (C=O) groups is 5. The Morgan fingerprint density at radius 2 is 1.91 bits per heavy atom. The van der Waals surface area contributed by atoms with Crippen molar-refractivity contribution in [3.05, 3.63) is 41.1 Å². The highest BCUT2D eigenvalue weighted by Crippen LogP contribution is 2.41. The second-order valence-corrected chi connectivity index (χ2v) is 12.8. The molecule has 19 nitrogen and oxygen atoms in total. The molecule has 0 spiro atoms. The average Bonchev–Trinajstić information content (AvgIpc) is 3.37. The Morgan fingerprint density at radius 1 is 1.23 bits per heavy atom. The number of aromatic nitrogens is 4. The minimum absolute atomic E-state index is 0.0675. The van der Waals surface area contributed by atoms with Crippen LogP contribution in [0.4, 0.5) is 10.5 Å². The summed E-state index contributed by atoms with van der Waals surface area (Å²) < 4.78 is 40.3. The number of thioether (sulfide) groups is 2. The number of β-lactam (4-membered cyclic amide) rings is 1. The Morgan fingerprint density at radius 3 is 2.48 bits per heavy atom. The number of nitrogens with two attached hydrogens (primary N) is 1. The van der Waals surface area contributed by atoms with E-state index in [1.54, 1.807) is 7.05 Å². The summed E-state index contributed by atoms with van der Waals surface area (Å²) in [6.07, 6.45) is -1.06. The Balaban J connectivity index is 1.43. The molecular formula is C22H24N8O11S3. The molecule has 1 saturated heterocycles. The Hall–Kier alpha value is -4.25. The predicted molar refractivity (Wildman–Crippen MR) is 151 cm³/mol. The quantitative estimate of drug-likeness (QED) is 0.0861. The molecule has 4 atom stereocenters. The van der Waals surface area contributed by atoms with Gasteiger partial charge in [0.2, 0.25) is 11.1 Å². The van der Waals surface area contributed by atoms with Crippen molar-refractivity contribution in [3.63, 3.8) is 0 Å². The highest BCUT2D eigenvalue weighted by molar-refractivity contribution is 8.01. The van der Waals surface area contributed by atoms with Crippen LogP contribution in [0.1, 0.15) is 10.8 Å². The summed E-state index contributed by atoms with van der Waals surface area (Å²) in [6, 6.07) is 1.88. The van der Waals surface area contributed by atoms with E-state index in [2.05, 4.69) is 30.9 Å². The van der Waals surface area contributed by atoms with E-state index in [4.69, 9.17) is 10.8 Å². The van der Waals surface area contributed by atoms with Gasteiger partial charge in [-0.3, -0.25) is 29.2 Å². The number of carboxylic acid groups (broad SMARTS) is 2. The van der Waals surface area contributed by atoms with Gasteiger partial charge in [0.05, 0.1) is 0 Å². The second kappa shape index (κ2) is 13.2. The topological polar surface area (TPSA) is 286 Å². The Kier molecular flexibility index (Phi) is 9.78. The lowest BCUT2D eigenvalue weighted by Crippen LogP contribution is -2.71. The van der Waals surface area contributed by atoms with Crippen molar-refractivity contribution in [2.24, 2.45) is 12.8 Å². The van der Waals surface area contributed by atoms with E-state index in [0.29, 0.717) is 10.7 Å². The van der Waals surface area contributed by atoms with E-state index in [9.17, 15) is 42.0 Å². The number of nitrogens with zero attached hydrogens (tertiary/aromatic N) is 5. The maximum absolute atomic E-state index is 13.1. The number of tetrazole rings is 1. The van der Waals surface area contributed by atoms with E-state index >= 15 is 0 Å². The number of ether oxygens (including phenoxy) is 1. The number of rotatable bonds is 12. The van der Waals surface area contributed by atoms with Crippen molar-refractivity contribution in [2.75, 3.05) is 23.4 Å². The monoisotopic (exact) mass is 672 g/mol. The van der Waals surface area contributed by atoms with E-state index in [1.807, 2.05) is 0 Å². The summed E-state index contributed by atoms with van der Waals surface area (Å²) in [5.74, 6) is -4.43. The maximum atomic E-state index is 13.1. The Bertz CT molecular complexity index is 1630. The van der Waals surface area contributed by atoms with Crippen LogP contribution in [0, 0.1) is 0 Å². The van der Waals surface area contributed by atoms with Crippen molar-refractivity contribution in [1.82, 2.24) is 30.4 Å². The van der Waals surface area contributed by atoms with Gasteiger partial charge in [-0.25, -0.2) is 14.3 Å². The molecule has 0 radical (unpaired) electrons. The number of aliphatic carboxylic acids is 2. The van der Waals surface area contributed by atoms with Gasteiger partial charge in [-0.15, -0.1) is 16.9 Å². The van der Waals surface area contributed by atoms with Crippen LogP contribution in [0.5, 0.6) is 0 Å². The van der Waals surface area contributed by atoms with Crippen LogP contribution in [0.2, 0.25) is 0 Å². The van der Waals surface area contributed by atoms with Crippen LogP contribution < -0.4 is 16.4 Å². The molecule has 2 aliphatic heterocycles. The van der Waals surface area contributed by atoms with Gasteiger partial charge < -0.3 is 26.0 Å². The number of fused-ring (bicyclic) bond motifs is 1. The van der Waals surface area contributed by atoms with Crippen LogP contribution in [0.3, 0.4) is 0 Å². The molecular weight excluding hydrogens is 648 g/mol. The number of carboxylic acids is 2. The first-order valence-corrected chi connectivity index (χ1v) is 15.8. The second-order valence-electron chi connectivity index (χ2n) is 9.21. The third-order valence-corrected chi connectivity index (χ3v) is 9.73. The summed E-state index contributed by atoms with van der Waals surface area (Å²) in [5.41, 5.74) is 5.26. The first-order valence-electron chi connectivity index (χ1n) is 12.2. The number of carbonyl (C=O) groups excluding carboxylic acids is 3. The van der Waals surface area contributed by atoms with Crippen LogP contribution in [0.15, 0.2) is 40.7 Å². The van der Waals surface area contributed by atoms with Crippen molar-refractivity contribution < 1.29 is 51.9 Å². The third-order valence-electron chi connectivity index (χ3n) is 6.21. The van der Waals surface area contributed by atoms with Gasteiger partial charge in [0.25, 0.3) is 16.0 Å². The fourth-order valence-corrected chi connectivity index (χ4v) is 7.28. The highest BCUT2D eigenvalue weighted by Gasteiger charge is 2.55. The van der Waals surface area contributed by atoms with E-state index in [1.165, 1.54) is 28.6 Å². The van der Waals surface area contributed by atoms with Gasteiger partial charge in [-0.1, -0.05) is 23.9 Å². The zero-order valence-electron chi connectivity index (χ0n) is 22.4. The molecule has 3 heterocycles. The van der Waals surface area contributed by atoms with Crippen LogP contribution in [0.25, 0.3) is 0 Å². The summed E-state index contributed by atoms with van der Waals surface area (Å²) in [4.78, 5) is 61.8. The van der Waals surface area contributed by atoms with Crippen LogP contribution in [-0.2, 0) is 41.1 Å². The first-order chi connectivity index (χ1) is 20.7. The van der Waals surface area contributed by atoms with Crippen molar-refractivity contribution in [2.45, 2.75) is 27.9 Å². The van der Waals surface area contributed by atoms with Gasteiger partial charge in [0, 0.05) is 24.2 Å². The summed E-state index contributed by atoms with van der Waals surface area (Å²) in [5, 5.41) is 31.6. The van der Waals surface area contributed by atoms with Crippen LogP contribution in [-0.4, -0.2) is 114 Å². The van der Waals surface area contributed by atoms with Gasteiger partial charge in [-0.05, 0) is 33.7 Å². The normalized spacial score (nSPS) is 19.3. The Labute approximate surface area is 256 Å². The smallest absolute Gasteiger partial charge is 0.411 e. The van der Waals surface area contributed by atoms with Crippen LogP contribution >= 0.6 is 23.5 Å². The molecule has 44 heavy (non-hydrogen) atoms. The molecule has 4 rings (SSSR count). The zero-order chi connectivity index (χ0) is 32.3. The van der Waals surface area contributed by atoms with Crippen molar-refractivity contribution in [3.8, 4) is 0 Å². The summed E-state index contributed by atoms with van der Waals surface area (Å²) in [7, 11) is -3.46. The molecule has 2 aromatic rings. The minimum Gasteiger partial charge on any atom is -0.480 e. The van der Waals surface area contributed by atoms with E-state index < -0.39 is 69.3 Å². The molecule has 236 valence electrons. The number of amides is 3. The predicted octanol–water partition coefficient (Wildman–Crippen LogP) is -1.37. The number of hydrogen-bond acceptors (Lipinski definition) is 14.